The smallest absolute Gasteiger partial charge is 0.228 e. The molecule has 2 N–H and O–H groups in total. The van der Waals surface area contributed by atoms with Gasteiger partial charge in [0.25, 0.3) is 0 Å². The second-order valence-corrected chi connectivity index (χ2v) is 6.05. The summed E-state index contributed by atoms with van der Waals surface area (Å²) in [5.41, 5.74) is 3.39. The van der Waals surface area contributed by atoms with Gasteiger partial charge in [-0.1, -0.05) is 53.2 Å². The summed E-state index contributed by atoms with van der Waals surface area (Å²) in [6.07, 6.45) is 0.640. The largest absolute Gasteiger partial charge is 0.356 e. The minimum atomic E-state index is 0. The van der Waals surface area contributed by atoms with Gasteiger partial charge in [-0.25, -0.2) is 4.99 Å². The van der Waals surface area contributed by atoms with Gasteiger partial charge in [0.1, 0.15) is 0 Å². The molecule has 0 bridgehead atoms. The Morgan fingerprint density at radius 1 is 1.04 bits per heavy atom. The first-order valence-electron chi connectivity index (χ1n) is 8.64. The van der Waals surface area contributed by atoms with Gasteiger partial charge in [-0.15, -0.1) is 24.0 Å². The van der Waals surface area contributed by atoms with Crippen LogP contribution in [-0.2, 0) is 13.0 Å². The van der Waals surface area contributed by atoms with Crippen LogP contribution < -0.4 is 10.6 Å². The molecule has 0 fully saturated rings. The molecule has 0 aliphatic rings. The Bertz CT molecular complexity index is 846. The Morgan fingerprint density at radius 3 is 2.44 bits per heavy atom. The van der Waals surface area contributed by atoms with E-state index >= 15 is 0 Å². The summed E-state index contributed by atoms with van der Waals surface area (Å²) < 4.78 is 5.14. The maximum atomic E-state index is 5.14. The maximum Gasteiger partial charge on any atom is 0.228 e. The normalized spacial score (nSPS) is 11.0. The summed E-state index contributed by atoms with van der Waals surface area (Å²) in [5, 5.41) is 10.4. The van der Waals surface area contributed by atoms with Gasteiger partial charge in [0, 0.05) is 18.7 Å². The third-order valence-corrected chi connectivity index (χ3v) is 3.78. The van der Waals surface area contributed by atoms with Crippen LogP contribution in [0.1, 0.15) is 22.8 Å². The number of nitrogens with zero attached hydrogens (tertiary/aromatic N) is 3. The predicted molar refractivity (Wildman–Crippen MR) is 119 cm³/mol. The molecule has 0 aliphatic carbocycles. The predicted octanol–water partition coefficient (Wildman–Crippen LogP) is 4.10. The summed E-state index contributed by atoms with van der Waals surface area (Å²) in [6.45, 7) is 5.14. The fourth-order valence-corrected chi connectivity index (χ4v) is 2.39. The number of benzene rings is 2. The first-order valence-corrected chi connectivity index (χ1v) is 8.64. The molecule has 0 spiro atoms. The number of halogens is 1. The fraction of sp³-hybridized carbons (Fsp3) is 0.250. The number of aliphatic imine (C=N–C) groups is 1. The number of hydrogen-bond acceptors (Lipinski definition) is 4. The van der Waals surface area contributed by atoms with E-state index in [0.29, 0.717) is 37.2 Å². The number of guanidine groups is 1. The Balaban J connectivity index is 0.00000261. The molecule has 1 heterocycles. The van der Waals surface area contributed by atoms with Crippen LogP contribution in [0.4, 0.5) is 5.69 Å². The molecule has 27 heavy (non-hydrogen) atoms. The van der Waals surface area contributed by atoms with E-state index in [-0.39, 0.29) is 24.0 Å². The first kappa shape index (κ1) is 20.9. The Kier molecular flexibility index (Phi) is 8.25. The highest BCUT2D eigenvalue weighted by molar-refractivity contribution is 14.0. The van der Waals surface area contributed by atoms with Gasteiger partial charge in [-0.2, -0.15) is 4.98 Å². The number of anilines is 1. The van der Waals surface area contributed by atoms with Crippen LogP contribution in [0.25, 0.3) is 0 Å². The van der Waals surface area contributed by atoms with Crippen molar-refractivity contribution in [3.05, 3.63) is 77.4 Å². The molecule has 3 rings (SSSR count). The van der Waals surface area contributed by atoms with E-state index in [4.69, 9.17) is 4.52 Å². The van der Waals surface area contributed by atoms with E-state index in [9.17, 15) is 0 Å². The van der Waals surface area contributed by atoms with Crippen LogP contribution >= 0.6 is 24.0 Å². The van der Waals surface area contributed by atoms with E-state index in [2.05, 4.69) is 57.0 Å². The zero-order valence-electron chi connectivity index (χ0n) is 15.5. The molecule has 2 aromatic carbocycles. The highest BCUT2D eigenvalue weighted by Crippen LogP contribution is 2.07. The third kappa shape index (κ3) is 7.01. The molecule has 0 saturated carbocycles. The zero-order valence-corrected chi connectivity index (χ0v) is 17.8. The van der Waals surface area contributed by atoms with Crippen molar-refractivity contribution in [1.82, 2.24) is 15.5 Å². The topological polar surface area (TPSA) is 75.3 Å². The molecule has 0 radical (unpaired) electrons. The van der Waals surface area contributed by atoms with Gasteiger partial charge in [0.05, 0.1) is 6.54 Å². The van der Waals surface area contributed by atoms with Crippen molar-refractivity contribution in [2.75, 3.05) is 11.9 Å². The van der Waals surface area contributed by atoms with Crippen LogP contribution in [-0.4, -0.2) is 22.6 Å². The lowest BCUT2D eigenvalue weighted by molar-refractivity contribution is 0.374. The monoisotopic (exact) mass is 477 g/mol. The summed E-state index contributed by atoms with van der Waals surface area (Å²) in [5.74, 6) is 1.98. The van der Waals surface area contributed by atoms with Crippen molar-refractivity contribution >= 4 is 35.6 Å². The summed E-state index contributed by atoms with van der Waals surface area (Å²) in [7, 11) is 0. The van der Waals surface area contributed by atoms with Gasteiger partial charge in [0.2, 0.25) is 5.89 Å². The van der Waals surface area contributed by atoms with E-state index in [0.717, 1.165) is 11.3 Å². The number of para-hydroxylation sites is 1. The Morgan fingerprint density at radius 2 is 1.78 bits per heavy atom. The average molecular weight is 477 g/mol. The zero-order chi connectivity index (χ0) is 18.2. The number of rotatable bonds is 6. The van der Waals surface area contributed by atoms with Gasteiger partial charge < -0.3 is 15.2 Å². The first-order chi connectivity index (χ1) is 12.7. The summed E-state index contributed by atoms with van der Waals surface area (Å²) in [4.78, 5) is 8.90. The molecular formula is C20H24IN5O. The molecule has 7 heteroatoms. The standard InChI is InChI=1S/C20H23N5O.HI/c1-15-8-10-17(11-9-15)14-22-20(24-18-6-4-3-5-7-18)21-13-12-19-23-16(2)25-26-19;/h3-11H,12-14H2,1-2H3,(H2,21,22,24);1H. The quantitative estimate of drug-likeness (QED) is 0.318. The summed E-state index contributed by atoms with van der Waals surface area (Å²) in [6, 6.07) is 18.4. The molecule has 0 atom stereocenters. The highest BCUT2D eigenvalue weighted by atomic mass is 127. The third-order valence-electron chi connectivity index (χ3n) is 3.78. The number of aryl methyl sites for hydroxylation is 2. The maximum absolute atomic E-state index is 5.14. The lowest BCUT2D eigenvalue weighted by atomic mass is 10.1. The van der Waals surface area contributed by atoms with Crippen molar-refractivity contribution in [3.63, 3.8) is 0 Å². The van der Waals surface area contributed by atoms with Crippen LogP contribution in [0.2, 0.25) is 0 Å². The van der Waals surface area contributed by atoms with Gasteiger partial charge in [0.15, 0.2) is 11.8 Å². The summed E-state index contributed by atoms with van der Waals surface area (Å²) >= 11 is 0. The van der Waals surface area contributed by atoms with E-state index in [1.807, 2.05) is 37.3 Å². The number of nitrogens with one attached hydrogen (secondary N) is 2. The van der Waals surface area contributed by atoms with Crippen LogP contribution in [0.15, 0.2) is 64.1 Å². The van der Waals surface area contributed by atoms with Gasteiger partial charge in [-0.3, -0.25) is 0 Å². The Labute approximate surface area is 176 Å². The highest BCUT2D eigenvalue weighted by Gasteiger charge is 2.04. The van der Waals surface area contributed by atoms with Crippen LogP contribution in [0.5, 0.6) is 0 Å². The van der Waals surface area contributed by atoms with E-state index < -0.39 is 0 Å². The molecule has 6 nitrogen and oxygen atoms in total. The van der Waals surface area contributed by atoms with Crippen LogP contribution in [0, 0.1) is 13.8 Å². The molecule has 3 aromatic rings. The van der Waals surface area contributed by atoms with Crippen molar-refractivity contribution in [1.29, 1.82) is 0 Å². The Hall–Kier alpha value is -2.42. The van der Waals surface area contributed by atoms with Crippen molar-refractivity contribution in [2.24, 2.45) is 4.99 Å². The van der Waals surface area contributed by atoms with E-state index in [1.165, 1.54) is 5.56 Å². The average Bonchev–Trinajstić information content (AvgIpc) is 3.07. The number of aromatic nitrogens is 2. The second-order valence-electron chi connectivity index (χ2n) is 6.05. The molecule has 0 saturated heterocycles. The fourth-order valence-electron chi connectivity index (χ4n) is 2.39. The van der Waals surface area contributed by atoms with Crippen molar-refractivity contribution in [2.45, 2.75) is 26.8 Å². The van der Waals surface area contributed by atoms with E-state index in [1.54, 1.807) is 0 Å². The lowest BCUT2D eigenvalue weighted by Crippen LogP contribution is -2.32. The molecule has 142 valence electrons. The van der Waals surface area contributed by atoms with Gasteiger partial charge >= 0.3 is 0 Å². The lowest BCUT2D eigenvalue weighted by Gasteiger charge is -2.12. The second kappa shape index (κ2) is 10.7. The molecule has 1 aromatic heterocycles. The molecule has 0 aliphatic heterocycles. The number of hydrogen-bond donors (Lipinski definition) is 2. The van der Waals surface area contributed by atoms with Crippen molar-refractivity contribution < 1.29 is 4.52 Å². The molecule has 0 amide bonds. The van der Waals surface area contributed by atoms with Crippen molar-refractivity contribution in [3.8, 4) is 0 Å². The minimum absolute atomic E-state index is 0. The minimum Gasteiger partial charge on any atom is -0.356 e. The van der Waals surface area contributed by atoms with Gasteiger partial charge in [-0.05, 0) is 31.5 Å². The van der Waals surface area contributed by atoms with Crippen LogP contribution in [0.3, 0.4) is 0 Å². The SMILES string of the molecule is Cc1ccc(CN=C(NCCc2nc(C)no2)Nc2ccccc2)cc1.I. The molecule has 0 unspecified atom stereocenters. The molecular weight excluding hydrogens is 453 g/mol.